The molecule has 0 aromatic heterocycles. The molecule has 1 aliphatic carbocycles. The average molecular weight is 238 g/mol. The van der Waals surface area contributed by atoms with Crippen LogP contribution >= 0.6 is 0 Å². The Morgan fingerprint density at radius 1 is 1.06 bits per heavy atom. The molecule has 98 valence electrons. The maximum Gasteiger partial charge on any atom is 0.237 e. The molecule has 1 heterocycles. The van der Waals surface area contributed by atoms with Crippen molar-refractivity contribution in [2.45, 2.75) is 63.8 Å². The molecule has 0 aromatic rings. The van der Waals surface area contributed by atoms with E-state index in [4.69, 9.17) is 0 Å². The van der Waals surface area contributed by atoms with Gasteiger partial charge in [0.05, 0.1) is 6.04 Å². The Kier molecular flexibility index (Phi) is 5.30. The Labute approximate surface area is 105 Å². The molecular weight excluding hydrogens is 212 g/mol. The van der Waals surface area contributed by atoms with Crippen molar-refractivity contribution in [1.29, 1.82) is 0 Å². The average Bonchev–Trinajstić information content (AvgIpc) is 2.41. The molecule has 3 heteroatoms. The molecule has 0 bridgehead atoms. The minimum absolute atomic E-state index is 0.0788. The SMILES string of the molecule is O=C(NCCC1CCCCC1)[C@H]1CCCCN1. The zero-order valence-electron chi connectivity index (χ0n) is 10.8. The third kappa shape index (κ3) is 4.30. The van der Waals surface area contributed by atoms with E-state index in [9.17, 15) is 4.79 Å². The second-order valence-corrected chi connectivity index (χ2v) is 5.59. The van der Waals surface area contributed by atoms with E-state index in [2.05, 4.69) is 10.6 Å². The summed E-state index contributed by atoms with van der Waals surface area (Å²) in [7, 11) is 0. The molecule has 1 amide bonds. The van der Waals surface area contributed by atoms with Crippen LogP contribution in [0.5, 0.6) is 0 Å². The summed E-state index contributed by atoms with van der Waals surface area (Å²) >= 11 is 0. The topological polar surface area (TPSA) is 41.1 Å². The highest BCUT2D eigenvalue weighted by molar-refractivity contribution is 5.81. The van der Waals surface area contributed by atoms with Gasteiger partial charge in [0.1, 0.15) is 0 Å². The first-order chi connectivity index (χ1) is 8.36. The predicted octanol–water partition coefficient (Wildman–Crippen LogP) is 2.22. The monoisotopic (exact) mass is 238 g/mol. The Hall–Kier alpha value is -0.570. The highest BCUT2D eigenvalue weighted by Gasteiger charge is 2.20. The van der Waals surface area contributed by atoms with Crippen LogP contribution in [0.2, 0.25) is 0 Å². The highest BCUT2D eigenvalue weighted by Crippen LogP contribution is 2.25. The van der Waals surface area contributed by atoms with Crippen molar-refractivity contribution in [2.24, 2.45) is 5.92 Å². The van der Waals surface area contributed by atoms with Gasteiger partial charge < -0.3 is 10.6 Å². The fourth-order valence-electron chi connectivity index (χ4n) is 3.07. The van der Waals surface area contributed by atoms with E-state index in [1.165, 1.54) is 51.4 Å². The van der Waals surface area contributed by atoms with Gasteiger partial charge in [0.2, 0.25) is 5.91 Å². The fraction of sp³-hybridized carbons (Fsp3) is 0.929. The molecule has 0 radical (unpaired) electrons. The number of hydrogen-bond donors (Lipinski definition) is 2. The van der Waals surface area contributed by atoms with Crippen LogP contribution in [0.25, 0.3) is 0 Å². The van der Waals surface area contributed by atoms with Crippen molar-refractivity contribution in [2.75, 3.05) is 13.1 Å². The van der Waals surface area contributed by atoms with Gasteiger partial charge in [0, 0.05) is 6.54 Å². The third-order valence-electron chi connectivity index (χ3n) is 4.20. The lowest BCUT2D eigenvalue weighted by Gasteiger charge is -2.24. The molecule has 0 spiro atoms. The Bertz CT molecular complexity index is 230. The van der Waals surface area contributed by atoms with Gasteiger partial charge in [0.25, 0.3) is 0 Å². The minimum Gasteiger partial charge on any atom is -0.355 e. The summed E-state index contributed by atoms with van der Waals surface area (Å²) in [6.45, 7) is 1.88. The molecule has 3 nitrogen and oxygen atoms in total. The van der Waals surface area contributed by atoms with Crippen molar-refractivity contribution in [1.82, 2.24) is 10.6 Å². The van der Waals surface area contributed by atoms with Gasteiger partial charge in [0.15, 0.2) is 0 Å². The molecule has 17 heavy (non-hydrogen) atoms. The standard InChI is InChI=1S/C14H26N2O/c17-14(13-8-4-5-10-15-13)16-11-9-12-6-2-1-3-7-12/h12-13,15H,1-11H2,(H,16,17)/t13-/m1/s1. The molecule has 0 unspecified atom stereocenters. The lowest BCUT2D eigenvalue weighted by molar-refractivity contribution is -0.123. The van der Waals surface area contributed by atoms with Crippen LogP contribution < -0.4 is 10.6 Å². The van der Waals surface area contributed by atoms with Crippen molar-refractivity contribution in [3.05, 3.63) is 0 Å². The Balaban J connectivity index is 1.58. The number of rotatable bonds is 4. The molecular formula is C14H26N2O. The van der Waals surface area contributed by atoms with Gasteiger partial charge in [-0.25, -0.2) is 0 Å². The second kappa shape index (κ2) is 7.00. The van der Waals surface area contributed by atoms with Gasteiger partial charge >= 0.3 is 0 Å². The van der Waals surface area contributed by atoms with E-state index in [1.807, 2.05) is 0 Å². The summed E-state index contributed by atoms with van der Waals surface area (Å²) < 4.78 is 0. The van der Waals surface area contributed by atoms with Gasteiger partial charge in [-0.2, -0.15) is 0 Å². The van der Waals surface area contributed by atoms with Crippen LogP contribution in [0.3, 0.4) is 0 Å². The van der Waals surface area contributed by atoms with E-state index < -0.39 is 0 Å². The van der Waals surface area contributed by atoms with E-state index >= 15 is 0 Å². The summed E-state index contributed by atoms with van der Waals surface area (Å²) in [5.74, 6) is 1.09. The van der Waals surface area contributed by atoms with Crippen LogP contribution in [-0.4, -0.2) is 25.0 Å². The molecule has 2 aliphatic rings. The van der Waals surface area contributed by atoms with E-state index in [0.29, 0.717) is 0 Å². The molecule has 1 atom stereocenters. The van der Waals surface area contributed by atoms with Crippen LogP contribution in [0.4, 0.5) is 0 Å². The van der Waals surface area contributed by atoms with Gasteiger partial charge in [-0.15, -0.1) is 0 Å². The van der Waals surface area contributed by atoms with Crippen molar-refractivity contribution >= 4 is 5.91 Å². The van der Waals surface area contributed by atoms with Crippen LogP contribution in [0.15, 0.2) is 0 Å². The smallest absolute Gasteiger partial charge is 0.237 e. The van der Waals surface area contributed by atoms with Crippen LogP contribution in [0, 0.1) is 5.92 Å². The minimum atomic E-state index is 0.0788. The first kappa shape index (κ1) is 12.9. The van der Waals surface area contributed by atoms with Crippen molar-refractivity contribution in [3.63, 3.8) is 0 Å². The Morgan fingerprint density at radius 2 is 1.82 bits per heavy atom. The predicted molar refractivity (Wildman–Crippen MR) is 69.8 cm³/mol. The van der Waals surface area contributed by atoms with E-state index in [0.717, 1.165) is 25.4 Å². The number of carbonyl (C=O) groups is 1. The molecule has 2 rings (SSSR count). The first-order valence-corrected chi connectivity index (χ1v) is 7.37. The summed E-state index contributed by atoms with van der Waals surface area (Å²) in [4.78, 5) is 11.9. The number of piperidine rings is 1. The summed E-state index contributed by atoms with van der Waals surface area (Å²) in [5.41, 5.74) is 0. The van der Waals surface area contributed by atoms with Crippen LogP contribution in [0.1, 0.15) is 57.8 Å². The normalized spacial score (nSPS) is 26.7. The van der Waals surface area contributed by atoms with E-state index in [-0.39, 0.29) is 11.9 Å². The largest absolute Gasteiger partial charge is 0.355 e. The summed E-state index contributed by atoms with van der Waals surface area (Å²) in [6.07, 6.45) is 11.5. The first-order valence-electron chi connectivity index (χ1n) is 7.37. The van der Waals surface area contributed by atoms with Crippen LogP contribution in [-0.2, 0) is 4.79 Å². The third-order valence-corrected chi connectivity index (χ3v) is 4.20. The molecule has 1 saturated heterocycles. The van der Waals surface area contributed by atoms with Gasteiger partial charge in [-0.1, -0.05) is 38.5 Å². The van der Waals surface area contributed by atoms with Crippen molar-refractivity contribution < 1.29 is 4.79 Å². The molecule has 2 fully saturated rings. The Morgan fingerprint density at radius 3 is 2.53 bits per heavy atom. The fourth-order valence-corrected chi connectivity index (χ4v) is 3.07. The summed E-state index contributed by atoms with van der Waals surface area (Å²) in [6, 6.07) is 0.0788. The van der Waals surface area contributed by atoms with E-state index in [1.54, 1.807) is 0 Å². The molecule has 1 saturated carbocycles. The quantitative estimate of drug-likeness (QED) is 0.788. The highest BCUT2D eigenvalue weighted by atomic mass is 16.2. The maximum atomic E-state index is 11.9. The van der Waals surface area contributed by atoms with Gasteiger partial charge in [-0.3, -0.25) is 4.79 Å². The molecule has 1 aliphatic heterocycles. The van der Waals surface area contributed by atoms with Gasteiger partial charge in [-0.05, 0) is 31.7 Å². The number of nitrogens with one attached hydrogen (secondary N) is 2. The maximum absolute atomic E-state index is 11.9. The molecule has 2 N–H and O–H groups in total. The second-order valence-electron chi connectivity index (χ2n) is 5.59. The van der Waals surface area contributed by atoms with Crippen molar-refractivity contribution in [3.8, 4) is 0 Å². The zero-order chi connectivity index (χ0) is 11.9. The zero-order valence-corrected chi connectivity index (χ0v) is 10.8. The molecule has 0 aromatic carbocycles. The lowest BCUT2D eigenvalue weighted by Crippen LogP contribution is -2.46. The summed E-state index contributed by atoms with van der Waals surface area (Å²) in [5, 5.41) is 6.39. The number of amides is 1. The number of hydrogen-bond acceptors (Lipinski definition) is 2. The number of carbonyl (C=O) groups excluding carboxylic acids is 1. The lowest BCUT2D eigenvalue weighted by atomic mass is 9.87.